The SMILES string of the molecule is C=C1Oc2cc(OC)cc(C(=O)O[C@@H]3COC(=O)C[C@H](N)c4cc(O)c(c(Cl)c4)O[C@@H]4C#C/C=C\3C#CC3=CC=C[C@@]34O[C@@H]3OC(C)(C)[C@@H](N(C)C)[C@@H](O)[C@H]3O)c2NC1=O. The number of hydrogen-bond acceptors (Lipinski definition) is 15. The molecule has 1 saturated heterocycles. The predicted octanol–water partition coefficient (Wildman–Crippen LogP) is 2.80. The van der Waals surface area contributed by atoms with Gasteiger partial charge in [0.1, 0.15) is 24.6 Å². The van der Waals surface area contributed by atoms with Crippen LogP contribution in [0, 0.1) is 23.7 Å². The molecule has 17 heteroatoms. The number of aliphatic hydroxyl groups is 2. The van der Waals surface area contributed by atoms with Gasteiger partial charge in [-0.15, -0.1) is 0 Å². The number of aromatic hydroxyl groups is 1. The van der Waals surface area contributed by atoms with E-state index in [0.717, 1.165) is 0 Å². The van der Waals surface area contributed by atoms with Gasteiger partial charge in [0.2, 0.25) is 0 Å². The molecule has 1 amide bonds. The zero-order chi connectivity index (χ0) is 43.3. The molecule has 6 N–H and O–H groups in total. The first-order chi connectivity index (χ1) is 28.4. The minimum atomic E-state index is -1.80. The molecule has 60 heavy (non-hydrogen) atoms. The Labute approximate surface area is 350 Å². The number of hydrogen-bond donors (Lipinski definition) is 5. The molecule has 2 aromatic carbocycles. The monoisotopic (exact) mass is 843 g/mol. The molecule has 16 nitrogen and oxygen atoms in total. The lowest BCUT2D eigenvalue weighted by Gasteiger charge is -2.51. The maximum absolute atomic E-state index is 14.1. The number of nitrogens with zero attached hydrogens (tertiary/aromatic N) is 1. The summed E-state index contributed by atoms with van der Waals surface area (Å²) in [6.07, 6.45) is -1.46. The average Bonchev–Trinajstić information content (AvgIpc) is 3.60. The molecule has 0 unspecified atom stereocenters. The number of aliphatic hydroxyl groups excluding tert-OH is 2. The summed E-state index contributed by atoms with van der Waals surface area (Å²) in [5, 5.41) is 36.6. The Hall–Kier alpha value is -5.82. The van der Waals surface area contributed by atoms with Gasteiger partial charge in [-0.25, -0.2) is 4.79 Å². The summed E-state index contributed by atoms with van der Waals surface area (Å²) in [4.78, 5) is 41.6. The Morgan fingerprint density at radius 3 is 2.62 bits per heavy atom. The molecule has 1 fully saturated rings. The van der Waals surface area contributed by atoms with E-state index in [1.54, 1.807) is 51.1 Å². The molecular weight excluding hydrogens is 802 g/mol. The first-order valence-corrected chi connectivity index (χ1v) is 19.0. The molecular formula is C43H42ClN3O13. The number of anilines is 1. The molecule has 0 aromatic heterocycles. The normalized spacial score (nSPS) is 29.9. The topological polar surface area (TPSA) is 218 Å². The predicted molar refractivity (Wildman–Crippen MR) is 214 cm³/mol. The molecule has 0 spiro atoms. The smallest absolute Gasteiger partial charge is 0.341 e. The summed E-state index contributed by atoms with van der Waals surface area (Å²) >= 11 is 6.70. The number of nitrogens with one attached hydrogen (secondary N) is 1. The summed E-state index contributed by atoms with van der Waals surface area (Å²) in [7, 11) is 4.87. The summed E-state index contributed by atoms with van der Waals surface area (Å²) in [6.45, 7) is 6.50. The fourth-order valence-corrected chi connectivity index (χ4v) is 7.88. The third-order valence-corrected chi connectivity index (χ3v) is 10.8. The number of rotatable bonds is 6. The van der Waals surface area contributed by atoms with Crippen molar-refractivity contribution in [1.82, 2.24) is 4.90 Å². The second kappa shape index (κ2) is 16.3. The quantitative estimate of drug-likeness (QED) is 0.161. The van der Waals surface area contributed by atoms with Gasteiger partial charge < -0.3 is 64.4 Å². The number of carbonyl (C=O) groups is 3. The molecule has 8 atom stereocenters. The number of halogens is 1. The molecule has 8 rings (SSSR count). The van der Waals surface area contributed by atoms with Crippen molar-refractivity contribution in [2.75, 3.05) is 33.1 Å². The van der Waals surface area contributed by atoms with Gasteiger partial charge in [-0.2, -0.15) is 0 Å². The highest BCUT2D eigenvalue weighted by Crippen LogP contribution is 2.44. The zero-order valence-corrected chi connectivity index (χ0v) is 33.9. The van der Waals surface area contributed by atoms with Gasteiger partial charge in [0.05, 0.1) is 47.0 Å². The molecule has 4 bridgehead atoms. The second-order valence-electron chi connectivity index (χ2n) is 15.2. The van der Waals surface area contributed by atoms with E-state index in [4.69, 9.17) is 50.5 Å². The van der Waals surface area contributed by atoms with Gasteiger partial charge in [-0.3, -0.25) is 9.59 Å². The number of esters is 2. The molecule has 6 aliphatic rings. The summed E-state index contributed by atoms with van der Waals surface area (Å²) in [5.41, 5.74) is 3.86. The van der Waals surface area contributed by atoms with Crippen LogP contribution in [0.2, 0.25) is 5.02 Å². The van der Waals surface area contributed by atoms with Crippen molar-refractivity contribution in [3.05, 3.63) is 88.2 Å². The van der Waals surface area contributed by atoms with E-state index in [0.29, 0.717) is 0 Å². The number of amides is 1. The molecule has 314 valence electrons. The highest BCUT2D eigenvalue weighted by Gasteiger charge is 2.55. The number of phenols is 1. The van der Waals surface area contributed by atoms with Crippen LogP contribution in [0.4, 0.5) is 5.69 Å². The Bertz CT molecular complexity index is 2360. The van der Waals surface area contributed by atoms with E-state index < -0.39 is 84.2 Å². The van der Waals surface area contributed by atoms with Crippen LogP contribution in [-0.4, -0.2) is 114 Å². The van der Waals surface area contributed by atoms with E-state index >= 15 is 0 Å². The number of allylic oxidation sites excluding steroid dienone is 3. The number of phenolic OH excluding ortho intramolecular Hbond substituents is 1. The molecule has 2 aromatic rings. The molecule has 0 radical (unpaired) electrons. The number of likely N-dealkylation sites (N-methyl/N-ethyl adjacent to an activating group) is 1. The summed E-state index contributed by atoms with van der Waals surface area (Å²) < 4.78 is 41.9. The number of methoxy groups -OCH3 is 1. The van der Waals surface area contributed by atoms with Gasteiger partial charge in [0.15, 0.2) is 47.1 Å². The number of benzene rings is 2. The number of ether oxygens (including phenoxy) is 7. The van der Waals surface area contributed by atoms with Gasteiger partial charge in [0, 0.05) is 23.8 Å². The van der Waals surface area contributed by atoms with Crippen LogP contribution in [0.5, 0.6) is 23.0 Å². The summed E-state index contributed by atoms with van der Waals surface area (Å²) in [5.74, 6) is 8.83. The Morgan fingerprint density at radius 2 is 1.90 bits per heavy atom. The van der Waals surface area contributed by atoms with Crippen molar-refractivity contribution in [3.63, 3.8) is 0 Å². The molecule has 0 saturated carbocycles. The van der Waals surface area contributed by atoms with E-state index in [9.17, 15) is 29.7 Å². The van der Waals surface area contributed by atoms with E-state index in [1.165, 1.54) is 37.5 Å². The minimum Gasteiger partial charge on any atom is -0.504 e. The van der Waals surface area contributed by atoms with Crippen LogP contribution < -0.4 is 25.3 Å². The third-order valence-electron chi connectivity index (χ3n) is 10.5. The lowest BCUT2D eigenvalue weighted by molar-refractivity contribution is -0.329. The van der Waals surface area contributed by atoms with Crippen molar-refractivity contribution in [1.29, 1.82) is 0 Å². The maximum atomic E-state index is 14.1. The lowest BCUT2D eigenvalue weighted by Crippen LogP contribution is -2.68. The molecule has 4 aliphatic heterocycles. The van der Waals surface area contributed by atoms with Crippen LogP contribution in [0.15, 0.2) is 72.1 Å². The van der Waals surface area contributed by atoms with Gasteiger partial charge in [0.25, 0.3) is 5.91 Å². The van der Waals surface area contributed by atoms with Crippen molar-refractivity contribution < 1.29 is 62.9 Å². The van der Waals surface area contributed by atoms with Gasteiger partial charge in [-0.1, -0.05) is 42.0 Å². The first kappa shape index (κ1) is 42.3. The van der Waals surface area contributed by atoms with Crippen LogP contribution in [0.3, 0.4) is 0 Å². The molecule has 2 aliphatic carbocycles. The fraction of sp³-hybridized carbons (Fsp3) is 0.372. The van der Waals surface area contributed by atoms with Crippen molar-refractivity contribution in [2.45, 2.75) is 74.3 Å². The first-order valence-electron chi connectivity index (χ1n) is 18.6. The highest BCUT2D eigenvalue weighted by atomic mass is 35.5. The van der Waals surface area contributed by atoms with Crippen LogP contribution in [0.25, 0.3) is 0 Å². The second-order valence-corrected chi connectivity index (χ2v) is 15.6. The largest absolute Gasteiger partial charge is 0.504 e. The highest BCUT2D eigenvalue weighted by molar-refractivity contribution is 6.32. The van der Waals surface area contributed by atoms with E-state index in [1.807, 2.05) is 0 Å². The van der Waals surface area contributed by atoms with E-state index in [-0.39, 0.29) is 62.4 Å². The zero-order valence-electron chi connectivity index (χ0n) is 33.1. The standard InChI is InChI=1S/C43H42ClN3O13/c1-21-39(52)46-34-26(17-25(54-6)18-30(34)56-21)40(53)57-31-20-55-33(49)19-28(45)23-15-27(44)37(29(48)16-23)58-32-11-7-9-22(31)12-13-24-10-8-14-43(24,32)60-41-36(51)35(50)38(47(4)5)42(2,3)59-41/h8-10,14-18,28,31-32,35-36,38,41,48,50-51H,1,19-20,45H2,2-6H3,(H,46,52)/b22-9-/t28-,31+,32+,35-,36+,38-,41-,43+/m0/s1. The Morgan fingerprint density at radius 1 is 1.13 bits per heavy atom. The number of fused-ring (bicyclic) bond motifs is 9. The number of carbonyl (C=O) groups excluding carboxylic acids is 3. The third kappa shape index (κ3) is 7.94. The average molecular weight is 844 g/mol. The van der Waals surface area contributed by atoms with Crippen LogP contribution >= 0.6 is 11.6 Å². The van der Waals surface area contributed by atoms with E-state index in [2.05, 4.69) is 35.6 Å². The van der Waals surface area contributed by atoms with Crippen LogP contribution in [0.1, 0.15) is 42.2 Å². The lowest BCUT2D eigenvalue weighted by atomic mass is 9.85. The maximum Gasteiger partial charge on any atom is 0.341 e. The number of nitrogens with two attached hydrogens (primary N) is 1. The minimum absolute atomic E-state index is 0.0160. The Kier molecular flexibility index (Phi) is 11.5. The fourth-order valence-electron chi connectivity index (χ4n) is 7.61. The molecule has 4 heterocycles. The van der Waals surface area contributed by atoms with Crippen molar-refractivity contribution in [3.8, 4) is 46.7 Å². The van der Waals surface area contributed by atoms with Crippen LogP contribution in [-0.2, 0) is 28.5 Å². The van der Waals surface area contributed by atoms with Crippen molar-refractivity contribution in [2.24, 2.45) is 5.73 Å². The summed E-state index contributed by atoms with van der Waals surface area (Å²) in [6, 6.07) is 3.83. The van der Waals surface area contributed by atoms with Crippen molar-refractivity contribution >= 4 is 35.1 Å². The van der Waals surface area contributed by atoms with Gasteiger partial charge >= 0.3 is 11.9 Å². The van der Waals surface area contributed by atoms with Gasteiger partial charge in [-0.05, 0) is 69.8 Å². The Balaban J connectivity index is 1.34.